The summed E-state index contributed by atoms with van der Waals surface area (Å²) in [4.78, 5) is 80.4. The topological polar surface area (TPSA) is 283 Å². The summed E-state index contributed by atoms with van der Waals surface area (Å²) in [5.74, 6) is -9.20. The third-order valence-corrected chi connectivity index (χ3v) is 4.09. The number of amides is 3. The Bertz CT molecular complexity index is 771. The first-order valence-corrected chi connectivity index (χ1v) is 9.44. The van der Waals surface area contributed by atoms with Crippen molar-refractivity contribution in [3.63, 3.8) is 0 Å². The van der Waals surface area contributed by atoms with Gasteiger partial charge in [-0.25, -0.2) is 4.79 Å². The molecule has 33 heavy (non-hydrogen) atoms. The van der Waals surface area contributed by atoms with Crippen molar-refractivity contribution >= 4 is 41.6 Å². The highest BCUT2D eigenvalue weighted by Crippen LogP contribution is 2.04. The Labute approximate surface area is 186 Å². The minimum Gasteiger partial charge on any atom is -0.481 e. The van der Waals surface area contributed by atoms with Gasteiger partial charge in [0, 0.05) is 12.8 Å². The van der Waals surface area contributed by atoms with Crippen molar-refractivity contribution in [2.24, 2.45) is 5.73 Å². The monoisotopic (exact) mass is 478 g/mol. The fourth-order valence-corrected chi connectivity index (χ4v) is 2.34. The molecule has 0 fully saturated rings. The van der Waals surface area contributed by atoms with E-state index in [4.69, 9.17) is 31.3 Å². The lowest BCUT2D eigenvalue weighted by atomic mass is 10.1. The molecule has 0 aromatic rings. The number of aliphatic carboxylic acids is 4. The summed E-state index contributed by atoms with van der Waals surface area (Å²) in [5.41, 5.74) is 5.51. The molecule has 4 atom stereocenters. The third-order valence-electron chi connectivity index (χ3n) is 4.09. The van der Waals surface area contributed by atoms with Gasteiger partial charge in [-0.3, -0.25) is 28.8 Å². The van der Waals surface area contributed by atoms with Crippen LogP contribution in [-0.2, 0) is 33.6 Å². The van der Waals surface area contributed by atoms with Gasteiger partial charge in [-0.2, -0.15) is 0 Å². The van der Waals surface area contributed by atoms with E-state index in [0.29, 0.717) is 0 Å². The molecule has 0 radical (unpaired) electrons. The molecule has 0 aliphatic heterocycles. The van der Waals surface area contributed by atoms with E-state index in [1.807, 2.05) is 16.0 Å². The molecule has 0 rings (SSSR count). The highest BCUT2D eigenvalue weighted by Gasteiger charge is 2.31. The lowest BCUT2D eigenvalue weighted by molar-refractivity contribution is -0.144. The second kappa shape index (κ2) is 14.3. The quantitative estimate of drug-likeness (QED) is 0.102. The van der Waals surface area contributed by atoms with E-state index in [9.17, 15) is 33.6 Å². The SMILES string of the molecule is NC(CCC(=O)O)C(=O)NC(CC(=O)O)C(=O)NC(CCC(=O)O)C(=O)NC(CO)C(=O)O. The number of hydrogen-bond acceptors (Lipinski definition) is 9. The van der Waals surface area contributed by atoms with Crippen LogP contribution < -0.4 is 21.7 Å². The first kappa shape index (κ1) is 29.2. The van der Waals surface area contributed by atoms with Gasteiger partial charge in [-0.15, -0.1) is 0 Å². The Morgan fingerprint density at radius 2 is 1.09 bits per heavy atom. The zero-order valence-electron chi connectivity index (χ0n) is 17.2. The van der Waals surface area contributed by atoms with Crippen molar-refractivity contribution in [3.8, 4) is 0 Å². The predicted molar refractivity (Wildman–Crippen MR) is 104 cm³/mol. The molecule has 0 saturated heterocycles. The number of nitrogens with two attached hydrogens (primary N) is 1. The molecule has 10 N–H and O–H groups in total. The van der Waals surface area contributed by atoms with Gasteiger partial charge in [0.2, 0.25) is 17.7 Å². The molecule has 4 unspecified atom stereocenters. The number of carbonyl (C=O) groups is 7. The molecule has 16 heteroatoms. The molecular weight excluding hydrogens is 452 g/mol. The molecule has 0 aromatic carbocycles. The summed E-state index contributed by atoms with van der Waals surface area (Å²) in [6.07, 6.45) is -2.94. The fraction of sp³-hybridized carbons (Fsp3) is 0.588. The van der Waals surface area contributed by atoms with Crippen molar-refractivity contribution in [3.05, 3.63) is 0 Å². The van der Waals surface area contributed by atoms with Gasteiger partial charge in [0.05, 0.1) is 19.1 Å². The lowest BCUT2D eigenvalue weighted by Gasteiger charge is -2.24. The Morgan fingerprint density at radius 3 is 1.55 bits per heavy atom. The van der Waals surface area contributed by atoms with Crippen LogP contribution in [0.15, 0.2) is 0 Å². The van der Waals surface area contributed by atoms with Crippen LogP contribution in [0.25, 0.3) is 0 Å². The Morgan fingerprint density at radius 1 is 0.636 bits per heavy atom. The number of aliphatic hydroxyl groups is 1. The smallest absolute Gasteiger partial charge is 0.328 e. The van der Waals surface area contributed by atoms with Gasteiger partial charge >= 0.3 is 23.9 Å². The van der Waals surface area contributed by atoms with Gasteiger partial charge in [-0.05, 0) is 12.8 Å². The van der Waals surface area contributed by atoms with Gasteiger partial charge in [-0.1, -0.05) is 0 Å². The van der Waals surface area contributed by atoms with Crippen molar-refractivity contribution in [1.82, 2.24) is 16.0 Å². The molecule has 0 aromatic heterocycles. The molecule has 0 heterocycles. The van der Waals surface area contributed by atoms with Crippen LogP contribution in [0.2, 0.25) is 0 Å². The van der Waals surface area contributed by atoms with E-state index < -0.39 is 98.1 Å². The van der Waals surface area contributed by atoms with E-state index in [1.54, 1.807) is 0 Å². The van der Waals surface area contributed by atoms with Crippen molar-refractivity contribution in [2.75, 3.05) is 6.61 Å². The summed E-state index contributed by atoms with van der Waals surface area (Å²) in [6, 6.07) is -6.59. The van der Waals surface area contributed by atoms with Gasteiger partial charge in [0.1, 0.15) is 18.1 Å². The molecule has 16 nitrogen and oxygen atoms in total. The number of aliphatic hydroxyl groups excluding tert-OH is 1. The van der Waals surface area contributed by atoms with E-state index >= 15 is 0 Å². The Kier molecular flexibility index (Phi) is 12.7. The summed E-state index contributed by atoms with van der Waals surface area (Å²) >= 11 is 0. The van der Waals surface area contributed by atoms with E-state index in [-0.39, 0.29) is 6.42 Å². The number of carboxylic acid groups (broad SMARTS) is 4. The minimum absolute atomic E-state index is 0.316. The fourth-order valence-electron chi connectivity index (χ4n) is 2.34. The summed E-state index contributed by atoms with van der Waals surface area (Å²) < 4.78 is 0. The molecule has 0 saturated carbocycles. The van der Waals surface area contributed by atoms with Gasteiger partial charge < -0.3 is 47.2 Å². The second-order valence-corrected chi connectivity index (χ2v) is 6.77. The minimum atomic E-state index is -1.78. The molecular formula is C17H26N4O12. The first-order chi connectivity index (χ1) is 15.3. The maximum Gasteiger partial charge on any atom is 0.328 e. The normalized spacial score (nSPS) is 14.1. The summed E-state index contributed by atoms with van der Waals surface area (Å²) in [7, 11) is 0. The van der Waals surface area contributed by atoms with Crippen LogP contribution in [0.1, 0.15) is 32.1 Å². The van der Waals surface area contributed by atoms with Crippen LogP contribution in [-0.4, -0.2) is 97.9 Å². The van der Waals surface area contributed by atoms with Gasteiger partial charge in [0.15, 0.2) is 0 Å². The zero-order valence-corrected chi connectivity index (χ0v) is 17.2. The Hall–Kier alpha value is -3.79. The third kappa shape index (κ3) is 12.0. The number of nitrogens with one attached hydrogen (secondary N) is 3. The van der Waals surface area contributed by atoms with Crippen molar-refractivity contribution in [1.29, 1.82) is 0 Å². The maximum atomic E-state index is 12.5. The number of hydrogen-bond donors (Lipinski definition) is 9. The second-order valence-electron chi connectivity index (χ2n) is 6.77. The molecule has 0 aliphatic carbocycles. The molecule has 0 bridgehead atoms. The Balaban J connectivity index is 5.47. The number of carbonyl (C=O) groups excluding carboxylic acids is 3. The van der Waals surface area contributed by atoms with E-state index in [0.717, 1.165) is 0 Å². The number of carboxylic acids is 4. The maximum absolute atomic E-state index is 12.5. The van der Waals surface area contributed by atoms with Crippen LogP contribution in [0.3, 0.4) is 0 Å². The standard InChI is InChI=1S/C17H26N4O12/c18-7(1-3-11(23)24)14(29)20-9(5-13(27)28)16(31)19-8(2-4-12(25)26)15(30)21-10(6-22)17(32)33/h7-10,22H,1-6,18H2,(H,19,31)(H,20,29)(H,21,30)(H,23,24)(H,25,26)(H,27,28)(H,32,33). The van der Waals surface area contributed by atoms with Gasteiger partial charge in [0.25, 0.3) is 0 Å². The van der Waals surface area contributed by atoms with Crippen molar-refractivity contribution < 1.29 is 59.1 Å². The average Bonchev–Trinajstić information content (AvgIpc) is 2.71. The average molecular weight is 478 g/mol. The van der Waals surface area contributed by atoms with Crippen LogP contribution >= 0.6 is 0 Å². The number of rotatable bonds is 16. The predicted octanol–water partition coefficient (Wildman–Crippen LogP) is -3.95. The molecule has 0 aliphatic rings. The lowest BCUT2D eigenvalue weighted by Crippen LogP contribution is -2.57. The molecule has 0 spiro atoms. The summed E-state index contributed by atoms with van der Waals surface area (Å²) in [6.45, 7) is -1.01. The molecule has 3 amide bonds. The van der Waals surface area contributed by atoms with E-state index in [1.165, 1.54) is 0 Å². The zero-order chi connectivity index (χ0) is 25.7. The molecule has 186 valence electrons. The van der Waals surface area contributed by atoms with Crippen LogP contribution in [0, 0.1) is 0 Å². The van der Waals surface area contributed by atoms with E-state index in [2.05, 4.69) is 0 Å². The first-order valence-electron chi connectivity index (χ1n) is 9.44. The largest absolute Gasteiger partial charge is 0.481 e. The highest BCUT2D eigenvalue weighted by molar-refractivity contribution is 5.95. The highest BCUT2D eigenvalue weighted by atomic mass is 16.4. The van der Waals surface area contributed by atoms with Crippen molar-refractivity contribution in [2.45, 2.75) is 56.3 Å². The van der Waals surface area contributed by atoms with Crippen LogP contribution in [0.5, 0.6) is 0 Å². The van der Waals surface area contributed by atoms with Crippen LogP contribution in [0.4, 0.5) is 0 Å². The summed E-state index contributed by atoms with van der Waals surface area (Å²) in [5, 5.41) is 50.3.